The van der Waals surface area contributed by atoms with Crippen LogP contribution in [0.15, 0.2) is 24.3 Å². The normalized spacial score (nSPS) is 24.6. The second kappa shape index (κ2) is 5.57. The van der Waals surface area contributed by atoms with Gasteiger partial charge in [-0.15, -0.1) is 0 Å². The molecule has 1 nitrogen and oxygen atoms in total. The van der Waals surface area contributed by atoms with Crippen LogP contribution in [0.2, 0.25) is 0 Å². The predicted octanol–water partition coefficient (Wildman–Crippen LogP) is 4.40. The maximum atomic E-state index is 2.49. The molecule has 0 amide bonds. The minimum atomic E-state index is 0.746. The van der Waals surface area contributed by atoms with Crippen molar-refractivity contribution in [1.29, 1.82) is 0 Å². The van der Waals surface area contributed by atoms with Crippen LogP contribution in [0.1, 0.15) is 44.6 Å². The van der Waals surface area contributed by atoms with E-state index in [9.17, 15) is 0 Å². The van der Waals surface area contributed by atoms with Gasteiger partial charge in [0.1, 0.15) is 0 Å². The van der Waals surface area contributed by atoms with Crippen LogP contribution in [0.3, 0.4) is 0 Å². The van der Waals surface area contributed by atoms with Gasteiger partial charge in [-0.25, -0.2) is 0 Å². The zero-order valence-corrected chi connectivity index (χ0v) is 11.4. The lowest BCUT2D eigenvalue weighted by Gasteiger charge is -2.36. The number of hydrogen-bond acceptors (Lipinski definition) is 1. The lowest BCUT2D eigenvalue weighted by Crippen LogP contribution is -2.36. The Bertz CT molecular complexity index is 358. The third kappa shape index (κ3) is 3.02. The summed E-state index contributed by atoms with van der Waals surface area (Å²) < 4.78 is 0. The van der Waals surface area contributed by atoms with E-state index in [0.29, 0.717) is 0 Å². The van der Waals surface area contributed by atoms with Crippen molar-refractivity contribution < 1.29 is 0 Å². The van der Waals surface area contributed by atoms with E-state index in [4.69, 9.17) is 0 Å². The van der Waals surface area contributed by atoms with Gasteiger partial charge in [0.05, 0.1) is 0 Å². The second-order valence-corrected chi connectivity index (χ2v) is 5.54. The number of aryl methyl sites for hydroxylation is 1. The highest BCUT2D eigenvalue weighted by Crippen LogP contribution is 2.31. The van der Waals surface area contributed by atoms with Crippen molar-refractivity contribution in [3.8, 4) is 0 Å². The van der Waals surface area contributed by atoms with Crippen LogP contribution in [-0.4, -0.2) is 13.1 Å². The molecule has 1 saturated carbocycles. The maximum Gasteiger partial charge on any atom is 0.0368 e. The summed E-state index contributed by atoms with van der Waals surface area (Å²) in [5.41, 5.74) is 2.74. The Kier molecular flexibility index (Phi) is 4.09. The molecular formula is C16H25N. The number of anilines is 1. The van der Waals surface area contributed by atoms with Crippen molar-refractivity contribution in [1.82, 2.24) is 0 Å². The first-order chi connectivity index (χ1) is 8.20. The molecule has 0 radical (unpaired) electrons. The molecule has 1 heteroatoms. The summed E-state index contributed by atoms with van der Waals surface area (Å²) in [5.74, 6) is 0.945. The second-order valence-electron chi connectivity index (χ2n) is 5.54. The van der Waals surface area contributed by atoms with Gasteiger partial charge in [-0.2, -0.15) is 0 Å². The third-order valence-corrected chi connectivity index (χ3v) is 4.29. The molecule has 0 spiro atoms. The molecule has 0 aliphatic heterocycles. The fraction of sp³-hybridized carbons (Fsp3) is 0.625. The molecule has 2 atom stereocenters. The smallest absolute Gasteiger partial charge is 0.0368 e. The van der Waals surface area contributed by atoms with Gasteiger partial charge in [0.15, 0.2) is 0 Å². The molecule has 2 unspecified atom stereocenters. The van der Waals surface area contributed by atoms with Gasteiger partial charge >= 0.3 is 0 Å². The average molecular weight is 231 g/mol. The number of hydrogen-bond donors (Lipinski definition) is 0. The summed E-state index contributed by atoms with van der Waals surface area (Å²) in [7, 11) is 2.26. The van der Waals surface area contributed by atoms with E-state index in [1.807, 2.05) is 0 Å². The molecule has 0 heterocycles. The predicted molar refractivity (Wildman–Crippen MR) is 75.6 cm³/mol. The van der Waals surface area contributed by atoms with E-state index < -0.39 is 0 Å². The molecule has 1 aromatic rings. The van der Waals surface area contributed by atoms with Crippen molar-refractivity contribution in [3.63, 3.8) is 0 Å². The summed E-state index contributed by atoms with van der Waals surface area (Å²) in [6.07, 6.45) is 6.92. The molecule has 0 bridgehead atoms. The largest absolute Gasteiger partial charge is 0.372 e. The first kappa shape index (κ1) is 12.5. The number of nitrogens with zero attached hydrogens (tertiary/aromatic N) is 1. The standard InChI is InChI=1S/C16H25N/c1-4-14-8-6-10-16(12-14)17(3)15-9-5-7-13(2)11-15/h5,7,9,11,14,16H,4,6,8,10,12H2,1-3H3. The molecule has 0 N–H and O–H groups in total. The Hall–Kier alpha value is -0.980. The lowest BCUT2D eigenvalue weighted by atomic mass is 9.83. The summed E-state index contributed by atoms with van der Waals surface area (Å²) in [4.78, 5) is 2.49. The quantitative estimate of drug-likeness (QED) is 0.745. The Morgan fingerprint density at radius 3 is 2.82 bits per heavy atom. The third-order valence-electron chi connectivity index (χ3n) is 4.29. The van der Waals surface area contributed by atoms with Gasteiger partial charge in [-0.1, -0.05) is 38.3 Å². The minimum Gasteiger partial charge on any atom is -0.372 e. The van der Waals surface area contributed by atoms with E-state index in [1.54, 1.807) is 0 Å². The summed E-state index contributed by atoms with van der Waals surface area (Å²) in [5, 5.41) is 0. The van der Waals surface area contributed by atoms with Crippen molar-refractivity contribution in [2.24, 2.45) is 5.92 Å². The SMILES string of the molecule is CCC1CCCC(N(C)c2cccc(C)c2)C1. The molecule has 94 valence electrons. The summed E-state index contributed by atoms with van der Waals surface area (Å²) >= 11 is 0. The summed E-state index contributed by atoms with van der Waals surface area (Å²) in [6, 6.07) is 9.63. The van der Waals surface area contributed by atoms with Crippen LogP contribution < -0.4 is 4.90 Å². The highest BCUT2D eigenvalue weighted by atomic mass is 15.1. The average Bonchev–Trinajstić information content (AvgIpc) is 2.38. The first-order valence-corrected chi connectivity index (χ1v) is 7.00. The van der Waals surface area contributed by atoms with Gasteiger partial charge in [-0.05, 0) is 43.4 Å². The van der Waals surface area contributed by atoms with E-state index >= 15 is 0 Å². The molecular weight excluding hydrogens is 206 g/mol. The molecule has 0 aromatic heterocycles. The van der Waals surface area contributed by atoms with Crippen LogP contribution >= 0.6 is 0 Å². The van der Waals surface area contributed by atoms with E-state index in [1.165, 1.54) is 43.4 Å². The molecule has 1 fully saturated rings. The van der Waals surface area contributed by atoms with Crippen molar-refractivity contribution in [2.45, 2.75) is 52.0 Å². The van der Waals surface area contributed by atoms with Gasteiger partial charge in [0.25, 0.3) is 0 Å². The summed E-state index contributed by atoms with van der Waals surface area (Å²) in [6.45, 7) is 4.51. The van der Waals surface area contributed by atoms with Crippen molar-refractivity contribution in [3.05, 3.63) is 29.8 Å². The van der Waals surface area contributed by atoms with Gasteiger partial charge in [0.2, 0.25) is 0 Å². The molecule has 1 aliphatic rings. The highest BCUT2D eigenvalue weighted by Gasteiger charge is 2.23. The first-order valence-electron chi connectivity index (χ1n) is 7.00. The zero-order valence-electron chi connectivity index (χ0n) is 11.4. The van der Waals surface area contributed by atoms with E-state index in [0.717, 1.165) is 12.0 Å². The van der Waals surface area contributed by atoms with Crippen LogP contribution in [0.4, 0.5) is 5.69 Å². The fourth-order valence-corrected chi connectivity index (χ4v) is 3.04. The minimum absolute atomic E-state index is 0.746. The van der Waals surface area contributed by atoms with Gasteiger partial charge in [0, 0.05) is 18.8 Å². The van der Waals surface area contributed by atoms with Gasteiger partial charge in [-0.3, -0.25) is 0 Å². The zero-order chi connectivity index (χ0) is 12.3. The molecule has 2 rings (SSSR count). The highest BCUT2D eigenvalue weighted by molar-refractivity contribution is 5.48. The van der Waals surface area contributed by atoms with E-state index in [-0.39, 0.29) is 0 Å². The molecule has 0 saturated heterocycles. The van der Waals surface area contributed by atoms with Crippen LogP contribution in [-0.2, 0) is 0 Å². The Labute approximate surface area is 106 Å². The molecule has 17 heavy (non-hydrogen) atoms. The van der Waals surface area contributed by atoms with Crippen LogP contribution in [0.25, 0.3) is 0 Å². The Morgan fingerprint density at radius 2 is 2.12 bits per heavy atom. The maximum absolute atomic E-state index is 2.49. The number of benzene rings is 1. The molecule has 1 aromatic carbocycles. The molecule has 1 aliphatic carbocycles. The van der Waals surface area contributed by atoms with Crippen LogP contribution in [0.5, 0.6) is 0 Å². The monoisotopic (exact) mass is 231 g/mol. The van der Waals surface area contributed by atoms with Crippen molar-refractivity contribution >= 4 is 5.69 Å². The van der Waals surface area contributed by atoms with Gasteiger partial charge < -0.3 is 4.90 Å². The van der Waals surface area contributed by atoms with Crippen LogP contribution in [0, 0.1) is 12.8 Å². The van der Waals surface area contributed by atoms with Crippen molar-refractivity contribution in [2.75, 3.05) is 11.9 Å². The topological polar surface area (TPSA) is 3.24 Å². The van der Waals surface area contributed by atoms with E-state index in [2.05, 4.69) is 50.1 Å². The lowest BCUT2D eigenvalue weighted by molar-refractivity contribution is 0.309. The Morgan fingerprint density at radius 1 is 1.29 bits per heavy atom. The Balaban J connectivity index is 2.06. The fourth-order valence-electron chi connectivity index (χ4n) is 3.04. The number of rotatable bonds is 3.